The van der Waals surface area contributed by atoms with Crippen molar-refractivity contribution in [2.24, 2.45) is 0 Å². The summed E-state index contributed by atoms with van der Waals surface area (Å²) < 4.78 is 30.9. The molecule has 0 amide bonds. The van der Waals surface area contributed by atoms with Crippen molar-refractivity contribution in [1.82, 2.24) is 9.78 Å². The van der Waals surface area contributed by atoms with E-state index < -0.39 is 10.0 Å². The molecule has 0 radical (unpaired) electrons. The standard InChI is InChI=1S/C17H16IN3O2S/c1-12-17(13(2)21(19-12)14-8-4-3-5-9-14)24(22,23)20-16-11-7-6-10-15(16)18/h3-11,20H,1-2H3. The van der Waals surface area contributed by atoms with Gasteiger partial charge in [-0.1, -0.05) is 30.3 Å². The Labute approximate surface area is 154 Å². The molecule has 0 unspecified atom stereocenters. The van der Waals surface area contributed by atoms with Gasteiger partial charge in [-0.15, -0.1) is 0 Å². The topological polar surface area (TPSA) is 64.0 Å². The molecule has 7 heteroatoms. The van der Waals surface area contributed by atoms with Gasteiger partial charge in [-0.3, -0.25) is 4.72 Å². The number of sulfonamides is 1. The van der Waals surface area contributed by atoms with E-state index in [2.05, 4.69) is 32.4 Å². The van der Waals surface area contributed by atoms with Crippen molar-refractivity contribution in [3.63, 3.8) is 0 Å². The smallest absolute Gasteiger partial charge is 0.265 e. The van der Waals surface area contributed by atoms with Crippen LogP contribution in [0.25, 0.3) is 5.69 Å². The Morgan fingerprint density at radius 3 is 2.29 bits per heavy atom. The molecule has 3 rings (SSSR count). The van der Waals surface area contributed by atoms with Gasteiger partial charge in [0.15, 0.2) is 0 Å². The van der Waals surface area contributed by atoms with Gasteiger partial charge < -0.3 is 0 Å². The maximum Gasteiger partial charge on any atom is 0.265 e. The summed E-state index contributed by atoms with van der Waals surface area (Å²) in [4.78, 5) is 0.214. The first-order chi connectivity index (χ1) is 11.4. The highest BCUT2D eigenvalue weighted by Gasteiger charge is 2.25. The van der Waals surface area contributed by atoms with E-state index in [1.807, 2.05) is 42.5 Å². The fourth-order valence-electron chi connectivity index (χ4n) is 2.58. The maximum absolute atomic E-state index is 12.9. The minimum absolute atomic E-state index is 0.214. The van der Waals surface area contributed by atoms with Crippen molar-refractivity contribution in [3.05, 3.63) is 69.6 Å². The second-order valence-electron chi connectivity index (χ2n) is 5.33. The molecule has 2 aromatic carbocycles. The summed E-state index contributed by atoms with van der Waals surface area (Å²) in [5.74, 6) is 0. The maximum atomic E-state index is 12.9. The summed E-state index contributed by atoms with van der Waals surface area (Å²) in [6.07, 6.45) is 0. The molecule has 124 valence electrons. The summed E-state index contributed by atoms with van der Waals surface area (Å²) >= 11 is 2.10. The highest BCUT2D eigenvalue weighted by atomic mass is 127. The Kier molecular flexibility index (Phi) is 4.64. The van der Waals surface area contributed by atoms with Crippen LogP contribution in [0.1, 0.15) is 11.4 Å². The zero-order valence-corrected chi connectivity index (χ0v) is 16.2. The van der Waals surface area contributed by atoms with Crippen LogP contribution in [-0.4, -0.2) is 18.2 Å². The van der Waals surface area contributed by atoms with Crippen LogP contribution >= 0.6 is 22.6 Å². The molecule has 1 heterocycles. The van der Waals surface area contributed by atoms with Gasteiger partial charge in [0.25, 0.3) is 10.0 Å². The lowest BCUT2D eigenvalue weighted by atomic mass is 10.3. The fourth-order valence-corrected chi connectivity index (χ4v) is 4.76. The monoisotopic (exact) mass is 453 g/mol. The molecular weight excluding hydrogens is 437 g/mol. The average Bonchev–Trinajstić information content (AvgIpc) is 2.86. The quantitative estimate of drug-likeness (QED) is 0.610. The van der Waals surface area contributed by atoms with Crippen LogP contribution in [0.2, 0.25) is 0 Å². The number of rotatable bonds is 4. The molecule has 0 aliphatic heterocycles. The molecule has 0 aliphatic carbocycles. The van der Waals surface area contributed by atoms with Crippen molar-refractivity contribution in [3.8, 4) is 5.69 Å². The van der Waals surface area contributed by atoms with E-state index in [0.717, 1.165) is 9.26 Å². The molecule has 1 aromatic heterocycles. The Hall–Kier alpha value is -1.87. The number of hydrogen-bond donors (Lipinski definition) is 1. The third kappa shape index (κ3) is 3.18. The lowest BCUT2D eigenvalue weighted by Gasteiger charge is -2.10. The number of hydrogen-bond acceptors (Lipinski definition) is 3. The number of para-hydroxylation sites is 2. The van der Waals surface area contributed by atoms with Crippen LogP contribution in [-0.2, 0) is 10.0 Å². The Bertz CT molecular complexity index is 982. The van der Waals surface area contributed by atoms with Gasteiger partial charge in [0, 0.05) is 3.57 Å². The predicted octanol–water partition coefficient (Wildman–Crippen LogP) is 3.89. The molecule has 5 nitrogen and oxygen atoms in total. The average molecular weight is 453 g/mol. The number of benzene rings is 2. The normalized spacial score (nSPS) is 11.5. The summed E-state index contributed by atoms with van der Waals surface area (Å²) in [5, 5.41) is 4.41. The first kappa shape index (κ1) is 17.0. The number of halogens is 1. The second kappa shape index (κ2) is 6.56. The number of nitrogens with zero attached hydrogens (tertiary/aromatic N) is 2. The molecule has 0 fully saturated rings. The molecule has 24 heavy (non-hydrogen) atoms. The lowest BCUT2D eigenvalue weighted by molar-refractivity contribution is 0.600. The van der Waals surface area contributed by atoms with E-state index >= 15 is 0 Å². The van der Waals surface area contributed by atoms with Gasteiger partial charge in [-0.25, -0.2) is 13.1 Å². The van der Waals surface area contributed by atoms with Crippen LogP contribution in [0.15, 0.2) is 59.5 Å². The van der Waals surface area contributed by atoms with Crippen molar-refractivity contribution >= 4 is 38.3 Å². The Morgan fingerprint density at radius 1 is 1.00 bits per heavy atom. The number of aryl methyl sites for hydroxylation is 1. The molecule has 0 spiro atoms. The summed E-state index contributed by atoms with van der Waals surface area (Å²) in [7, 11) is -3.72. The van der Waals surface area contributed by atoms with E-state index in [1.54, 1.807) is 30.7 Å². The Morgan fingerprint density at radius 2 is 1.62 bits per heavy atom. The molecule has 0 saturated heterocycles. The molecular formula is C17H16IN3O2S. The highest BCUT2D eigenvalue weighted by molar-refractivity contribution is 14.1. The lowest BCUT2D eigenvalue weighted by Crippen LogP contribution is -2.15. The van der Waals surface area contributed by atoms with Gasteiger partial charge in [0.2, 0.25) is 0 Å². The number of aromatic nitrogens is 2. The van der Waals surface area contributed by atoms with E-state index in [1.165, 1.54) is 0 Å². The second-order valence-corrected chi connectivity index (χ2v) is 8.11. The molecule has 0 atom stereocenters. The van der Waals surface area contributed by atoms with Crippen LogP contribution in [0.5, 0.6) is 0 Å². The SMILES string of the molecule is Cc1nn(-c2ccccc2)c(C)c1S(=O)(=O)Nc1ccccc1I. The van der Waals surface area contributed by atoms with Crippen LogP contribution in [0.4, 0.5) is 5.69 Å². The first-order valence-corrected chi connectivity index (χ1v) is 9.85. The Balaban J connectivity index is 2.06. The molecule has 1 N–H and O–H groups in total. The van der Waals surface area contributed by atoms with E-state index in [0.29, 0.717) is 17.1 Å². The molecule has 0 bridgehead atoms. The van der Waals surface area contributed by atoms with Gasteiger partial charge in [0.1, 0.15) is 4.90 Å². The van der Waals surface area contributed by atoms with Crippen molar-refractivity contribution in [2.75, 3.05) is 4.72 Å². The van der Waals surface area contributed by atoms with Gasteiger partial charge in [-0.05, 0) is 60.7 Å². The minimum atomic E-state index is -3.72. The van der Waals surface area contributed by atoms with E-state index in [-0.39, 0.29) is 4.90 Å². The first-order valence-electron chi connectivity index (χ1n) is 7.29. The summed E-state index contributed by atoms with van der Waals surface area (Å²) in [6, 6.07) is 16.7. The zero-order valence-electron chi connectivity index (χ0n) is 13.2. The van der Waals surface area contributed by atoms with Crippen molar-refractivity contribution in [2.45, 2.75) is 18.7 Å². The predicted molar refractivity (Wildman–Crippen MR) is 103 cm³/mol. The molecule has 0 saturated carbocycles. The molecule has 0 aliphatic rings. The summed E-state index contributed by atoms with van der Waals surface area (Å²) in [5.41, 5.74) is 2.44. The van der Waals surface area contributed by atoms with Crippen molar-refractivity contribution in [1.29, 1.82) is 0 Å². The fraction of sp³-hybridized carbons (Fsp3) is 0.118. The minimum Gasteiger partial charge on any atom is -0.278 e. The van der Waals surface area contributed by atoms with Gasteiger partial charge in [0.05, 0.1) is 22.8 Å². The van der Waals surface area contributed by atoms with Gasteiger partial charge >= 0.3 is 0 Å². The van der Waals surface area contributed by atoms with Gasteiger partial charge in [-0.2, -0.15) is 5.10 Å². The van der Waals surface area contributed by atoms with Crippen LogP contribution in [0.3, 0.4) is 0 Å². The largest absolute Gasteiger partial charge is 0.278 e. The summed E-state index contributed by atoms with van der Waals surface area (Å²) in [6.45, 7) is 3.47. The third-order valence-corrected chi connectivity index (χ3v) is 6.17. The third-order valence-electron chi connectivity index (χ3n) is 3.61. The van der Waals surface area contributed by atoms with Crippen LogP contribution < -0.4 is 4.72 Å². The number of nitrogens with one attached hydrogen (secondary N) is 1. The highest BCUT2D eigenvalue weighted by Crippen LogP contribution is 2.26. The van der Waals surface area contributed by atoms with E-state index in [4.69, 9.17) is 0 Å². The zero-order chi connectivity index (χ0) is 17.3. The molecule has 3 aromatic rings. The van der Waals surface area contributed by atoms with Crippen molar-refractivity contribution < 1.29 is 8.42 Å². The number of anilines is 1. The van der Waals surface area contributed by atoms with E-state index in [9.17, 15) is 8.42 Å². The van der Waals surface area contributed by atoms with Crippen LogP contribution in [0, 0.1) is 17.4 Å².